The van der Waals surface area contributed by atoms with Gasteiger partial charge >= 0.3 is 0 Å². The molecule has 0 heterocycles. The van der Waals surface area contributed by atoms with Gasteiger partial charge in [-0.05, 0) is 18.4 Å². The lowest BCUT2D eigenvalue weighted by atomic mass is 10.0. The van der Waals surface area contributed by atoms with Gasteiger partial charge in [0.25, 0.3) is 0 Å². The molecule has 0 fully saturated rings. The smallest absolute Gasteiger partial charge is 0.224 e. The lowest BCUT2D eigenvalue weighted by Gasteiger charge is -2.25. The minimum atomic E-state index is -0.0830. The Hall–Kier alpha value is -1.90. The van der Waals surface area contributed by atoms with E-state index in [9.17, 15) is 9.59 Å². The first-order valence-corrected chi connectivity index (χ1v) is 6.24. The number of hydrogen-bond acceptors (Lipinski definition) is 2. The third kappa shape index (κ3) is 2.86. The summed E-state index contributed by atoms with van der Waals surface area (Å²) in [6, 6.07) is 9.73. The van der Waals surface area contributed by atoms with Crippen LogP contribution in [0.15, 0.2) is 42.1 Å². The fraction of sp³-hybridized carbons (Fsp3) is 0.333. The minimum absolute atomic E-state index is 0.0763. The summed E-state index contributed by atoms with van der Waals surface area (Å²) in [5.74, 6) is -0.00673. The predicted molar refractivity (Wildman–Crippen MR) is 69.6 cm³/mol. The van der Waals surface area contributed by atoms with Crippen LogP contribution in [0.25, 0.3) is 0 Å². The summed E-state index contributed by atoms with van der Waals surface area (Å²) in [5.41, 5.74) is 1.60. The molecule has 0 radical (unpaired) electrons. The van der Waals surface area contributed by atoms with Gasteiger partial charge < -0.3 is 4.90 Å². The first kappa shape index (κ1) is 12.6. The Labute approximate surface area is 107 Å². The second kappa shape index (κ2) is 5.63. The van der Waals surface area contributed by atoms with E-state index in [0.29, 0.717) is 18.7 Å². The number of benzene rings is 1. The molecule has 0 atom stereocenters. The van der Waals surface area contributed by atoms with Crippen molar-refractivity contribution in [2.45, 2.75) is 32.7 Å². The van der Waals surface area contributed by atoms with Crippen molar-refractivity contribution in [3.8, 4) is 0 Å². The zero-order valence-corrected chi connectivity index (χ0v) is 10.6. The zero-order chi connectivity index (χ0) is 13.0. The van der Waals surface area contributed by atoms with Gasteiger partial charge in [-0.1, -0.05) is 36.4 Å². The number of Topliss-reactive ketones (excluding diaryl/α,β-unsaturated/α-hetero) is 1. The van der Waals surface area contributed by atoms with Crippen molar-refractivity contribution in [2.24, 2.45) is 0 Å². The van der Waals surface area contributed by atoms with Crippen LogP contribution in [0.5, 0.6) is 0 Å². The number of amides is 1. The Morgan fingerprint density at radius 1 is 1.28 bits per heavy atom. The van der Waals surface area contributed by atoms with E-state index in [-0.39, 0.29) is 11.7 Å². The SMILES string of the molecule is CC(=O)N(Cc1ccccc1)C1=CCCCC1=O. The maximum Gasteiger partial charge on any atom is 0.224 e. The standard InChI is InChI=1S/C15H17NO2/c1-12(17)16(11-13-7-3-2-4-8-13)14-9-5-6-10-15(14)18/h2-4,7-9H,5-6,10-11H2,1H3. The molecule has 1 amide bonds. The van der Waals surface area contributed by atoms with Crippen molar-refractivity contribution in [2.75, 3.05) is 0 Å². The molecule has 18 heavy (non-hydrogen) atoms. The second-order valence-corrected chi connectivity index (χ2v) is 4.50. The van der Waals surface area contributed by atoms with E-state index in [1.165, 1.54) is 6.92 Å². The molecule has 94 valence electrons. The van der Waals surface area contributed by atoms with Gasteiger partial charge in [0.05, 0.1) is 12.2 Å². The van der Waals surface area contributed by atoms with Gasteiger partial charge in [0.2, 0.25) is 5.91 Å². The summed E-state index contributed by atoms with van der Waals surface area (Å²) in [6.07, 6.45) is 4.19. The molecule has 0 N–H and O–H groups in total. The summed E-state index contributed by atoms with van der Waals surface area (Å²) in [6.45, 7) is 1.97. The molecule has 0 aliphatic heterocycles. The van der Waals surface area contributed by atoms with Crippen LogP contribution in [0.1, 0.15) is 31.7 Å². The highest BCUT2D eigenvalue weighted by molar-refractivity contribution is 5.99. The van der Waals surface area contributed by atoms with Crippen LogP contribution in [0, 0.1) is 0 Å². The van der Waals surface area contributed by atoms with Gasteiger partial charge in [-0.25, -0.2) is 0 Å². The summed E-state index contributed by atoms with van der Waals surface area (Å²) in [4.78, 5) is 25.2. The van der Waals surface area contributed by atoms with Gasteiger partial charge in [-0.2, -0.15) is 0 Å². The van der Waals surface area contributed by atoms with Gasteiger partial charge in [-0.15, -0.1) is 0 Å². The molecular weight excluding hydrogens is 226 g/mol. The molecule has 3 nitrogen and oxygen atoms in total. The van der Waals surface area contributed by atoms with Crippen LogP contribution >= 0.6 is 0 Å². The Morgan fingerprint density at radius 3 is 2.61 bits per heavy atom. The van der Waals surface area contributed by atoms with E-state index in [2.05, 4.69) is 0 Å². The van der Waals surface area contributed by atoms with Crippen LogP contribution < -0.4 is 0 Å². The van der Waals surface area contributed by atoms with Crippen molar-refractivity contribution in [1.82, 2.24) is 4.90 Å². The molecule has 0 saturated carbocycles. The minimum Gasteiger partial charge on any atom is -0.305 e. The molecule has 0 saturated heterocycles. The average Bonchev–Trinajstić information content (AvgIpc) is 2.38. The molecular formula is C15H17NO2. The topological polar surface area (TPSA) is 37.4 Å². The predicted octanol–water partition coefficient (Wildman–Crippen LogP) is 2.67. The van der Waals surface area contributed by atoms with E-state index in [4.69, 9.17) is 0 Å². The Bertz CT molecular complexity index is 477. The van der Waals surface area contributed by atoms with Gasteiger partial charge in [-0.3, -0.25) is 9.59 Å². The number of carbonyl (C=O) groups excluding carboxylic acids is 2. The Morgan fingerprint density at radius 2 is 2.00 bits per heavy atom. The first-order valence-electron chi connectivity index (χ1n) is 6.24. The highest BCUT2D eigenvalue weighted by Gasteiger charge is 2.22. The zero-order valence-electron chi connectivity index (χ0n) is 10.6. The van der Waals surface area contributed by atoms with Gasteiger partial charge in [0, 0.05) is 13.3 Å². The molecule has 1 aliphatic carbocycles. The maximum atomic E-state index is 11.9. The monoisotopic (exact) mass is 243 g/mol. The number of carbonyl (C=O) groups is 2. The van der Waals surface area contributed by atoms with Crippen molar-refractivity contribution in [3.63, 3.8) is 0 Å². The van der Waals surface area contributed by atoms with Crippen LogP contribution in [-0.2, 0) is 16.1 Å². The summed E-state index contributed by atoms with van der Waals surface area (Å²) >= 11 is 0. The van der Waals surface area contributed by atoms with Crippen molar-refractivity contribution in [3.05, 3.63) is 47.7 Å². The lowest BCUT2D eigenvalue weighted by Crippen LogP contribution is -2.32. The highest BCUT2D eigenvalue weighted by Crippen LogP contribution is 2.20. The average molecular weight is 243 g/mol. The Kier molecular flexibility index (Phi) is 3.92. The van der Waals surface area contributed by atoms with Crippen molar-refractivity contribution in [1.29, 1.82) is 0 Å². The summed E-state index contributed by atoms with van der Waals surface area (Å²) < 4.78 is 0. The van der Waals surface area contributed by atoms with Crippen molar-refractivity contribution >= 4 is 11.7 Å². The van der Waals surface area contributed by atoms with Crippen LogP contribution in [-0.4, -0.2) is 16.6 Å². The molecule has 1 aromatic carbocycles. The summed E-state index contributed by atoms with van der Waals surface area (Å²) in [7, 11) is 0. The van der Waals surface area contributed by atoms with Crippen molar-refractivity contribution < 1.29 is 9.59 Å². The third-order valence-electron chi connectivity index (χ3n) is 3.09. The van der Waals surface area contributed by atoms with E-state index in [1.54, 1.807) is 4.90 Å². The number of rotatable bonds is 3. The Balaban J connectivity index is 2.21. The highest BCUT2D eigenvalue weighted by atomic mass is 16.2. The van der Waals surface area contributed by atoms with Gasteiger partial charge in [0.1, 0.15) is 0 Å². The first-order chi connectivity index (χ1) is 8.68. The molecule has 0 spiro atoms. The van der Waals surface area contributed by atoms with E-state index < -0.39 is 0 Å². The van der Waals surface area contributed by atoms with E-state index in [0.717, 1.165) is 18.4 Å². The van der Waals surface area contributed by atoms with E-state index >= 15 is 0 Å². The lowest BCUT2D eigenvalue weighted by molar-refractivity contribution is -0.131. The number of allylic oxidation sites excluding steroid dienone is 2. The maximum absolute atomic E-state index is 11.9. The largest absolute Gasteiger partial charge is 0.305 e. The molecule has 0 unspecified atom stereocenters. The molecule has 3 heteroatoms. The third-order valence-corrected chi connectivity index (χ3v) is 3.09. The molecule has 1 aliphatic rings. The fourth-order valence-electron chi connectivity index (χ4n) is 2.14. The summed E-state index contributed by atoms with van der Waals surface area (Å²) in [5, 5.41) is 0. The van der Waals surface area contributed by atoms with Crippen LogP contribution in [0.3, 0.4) is 0 Å². The molecule has 0 bridgehead atoms. The molecule has 0 aromatic heterocycles. The number of ketones is 1. The van der Waals surface area contributed by atoms with Crippen LogP contribution in [0.4, 0.5) is 0 Å². The van der Waals surface area contributed by atoms with E-state index in [1.807, 2.05) is 36.4 Å². The normalized spacial score (nSPS) is 15.2. The van der Waals surface area contributed by atoms with Crippen LogP contribution in [0.2, 0.25) is 0 Å². The quantitative estimate of drug-likeness (QED) is 0.818. The number of nitrogens with zero attached hydrogens (tertiary/aromatic N) is 1. The molecule has 1 aromatic rings. The van der Waals surface area contributed by atoms with Gasteiger partial charge in [0.15, 0.2) is 5.78 Å². The molecule has 2 rings (SSSR count). The fourth-order valence-corrected chi connectivity index (χ4v) is 2.14. The second-order valence-electron chi connectivity index (χ2n) is 4.50. The number of hydrogen-bond donors (Lipinski definition) is 0.